The van der Waals surface area contributed by atoms with Crippen LogP contribution in [0.25, 0.3) is 0 Å². The van der Waals surface area contributed by atoms with Crippen molar-refractivity contribution in [2.75, 3.05) is 26.2 Å². The van der Waals surface area contributed by atoms with Gasteiger partial charge in [-0.1, -0.05) is 38.8 Å². The molecule has 4 heteroatoms. The number of hydrogen-bond acceptors (Lipinski definition) is 3. The van der Waals surface area contributed by atoms with E-state index in [-0.39, 0.29) is 12.0 Å². The van der Waals surface area contributed by atoms with Crippen molar-refractivity contribution in [1.82, 2.24) is 4.90 Å². The van der Waals surface area contributed by atoms with Gasteiger partial charge in [-0.05, 0) is 23.1 Å². The van der Waals surface area contributed by atoms with Crippen molar-refractivity contribution in [3.05, 3.63) is 29.8 Å². The number of rotatable bonds is 7. The molecule has 0 aliphatic rings. The molecule has 1 rings (SSSR count). The Kier molecular flexibility index (Phi) is 6.26. The number of benzene rings is 1. The van der Waals surface area contributed by atoms with Crippen molar-refractivity contribution in [1.29, 1.82) is 0 Å². The predicted molar refractivity (Wildman–Crippen MR) is 83.5 cm³/mol. The Morgan fingerprint density at radius 2 is 1.95 bits per heavy atom. The van der Waals surface area contributed by atoms with Crippen LogP contribution in [0.1, 0.15) is 26.3 Å². The molecule has 0 amide bonds. The lowest BCUT2D eigenvalue weighted by Crippen LogP contribution is -2.33. The maximum Gasteiger partial charge on any atom is 0.317 e. The van der Waals surface area contributed by atoms with Crippen molar-refractivity contribution in [3.8, 4) is 18.1 Å². The molecule has 0 aliphatic heterocycles. The molecule has 0 saturated carbocycles. The second-order valence-corrected chi connectivity index (χ2v) is 5.93. The normalized spacial score (nSPS) is 11.2. The maximum atomic E-state index is 10.7. The van der Waals surface area contributed by atoms with Gasteiger partial charge in [-0.25, -0.2) is 0 Å². The molecule has 1 N–H and O–H groups in total. The van der Waals surface area contributed by atoms with Crippen LogP contribution < -0.4 is 4.74 Å². The maximum absolute atomic E-state index is 10.7. The van der Waals surface area contributed by atoms with Crippen LogP contribution in [0.15, 0.2) is 24.3 Å². The van der Waals surface area contributed by atoms with E-state index in [1.807, 2.05) is 24.3 Å². The van der Waals surface area contributed by atoms with Gasteiger partial charge in [-0.2, -0.15) is 0 Å². The zero-order chi connectivity index (χ0) is 15.9. The van der Waals surface area contributed by atoms with E-state index in [4.69, 9.17) is 16.3 Å². The van der Waals surface area contributed by atoms with Gasteiger partial charge in [0.2, 0.25) is 0 Å². The summed E-state index contributed by atoms with van der Waals surface area (Å²) in [6.45, 7) is 7.60. The van der Waals surface area contributed by atoms with Crippen LogP contribution >= 0.6 is 0 Å². The van der Waals surface area contributed by atoms with Crippen LogP contribution in [0.5, 0.6) is 5.75 Å². The molecular weight excluding hydrogens is 266 g/mol. The molecule has 0 saturated heterocycles. The van der Waals surface area contributed by atoms with Crippen LogP contribution in [-0.4, -0.2) is 42.2 Å². The molecule has 0 heterocycles. The monoisotopic (exact) mass is 289 g/mol. The van der Waals surface area contributed by atoms with E-state index < -0.39 is 5.97 Å². The summed E-state index contributed by atoms with van der Waals surface area (Å²) in [4.78, 5) is 12.4. The lowest BCUT2D eigenvalue weighted by molar-refractivity contribution is -0.138. The minimum atomic E-state index is -0.889. The Labute approximate surface area is 126 Å². The average Bonchev–Trinajstić information content (AvgIpc) is 2.38. The third kappa shape index (κ3) is 6.33. The van der Waals surface area contributed by atoms with E-state index in [1.54, 1.807) is 4.90 Å². The lowest BCUT2D eigenvalue weighted by atomic mass is 9.87. The van der Waals surface area contributed by atoms with E-state index in [0.717, 1.165) is 5.75 Å². The number of carboxylic acids is 1. The second-order valence-electron chi connectivity index (χ2n) is 5.93. The fourth-order valence-electron chi connectivity index (χ4n) is 1.88. The quantitative estimate of drug-likeness (QED) is 0.783. The highest BCUT2D eigenvalue weighted by molar-refractivity contribution is 5.69. The molecule has 1 aromatic carbocycles. The highest BCUT2D eigenvalue weighted by atomic mass is 16.5. The number of aliphatic carboxylic acids is 1. The van der Waals surface area contributed by atoms with Crippen LogP contribution in [0.3, 0.4) is 0 Å². The molecule has 0 aromatic heterocycles. The molecule has 0 aliphatic carbocycles. The first kappa shape index (κ1) is 17.1. The number of terminal acetylenes is 1. The molecular formula is C17H23NO3. The van der Waals surface area contributed by atoms with Gasteiger partial charge in [0.25, 0.3) is 0 Å². The molecule has 114 valence electrons. The summed E-state index contributed by atoms with van der Waals surface area (Å²) in [5, 5.41) is 8.78. The lowest BCUT2D eigenvalue weighted by Gasteiger charge is -2.20. The molecule has 0 fully saturated rings. The minimum absolute atomic E-state index is 0.0729. The van der Waals surface area contributed by atoms with Crippen LogP contribution in [0.2, 0.25) is 0 Å². The van der Waals surface area contributed by atoms with Crippen molar-refractivity contribution in [3.63, 3.8) is 0 Å². The molecule has 1 aromatic rings. The number of carbonyl (C=O) groups is 1. The molecule has 0 atom stereocenters. The number of nitrogens with zero attached hydrogens (tertiary/aromatic N) is 1. The van der Waals surface area contributed by atoms with Crippen LogP contribution in [-0.2, 0) is 10.2 Å². The smallest absolute Gasteiger partial charge is 0.317 e. The van der Waals surface area contributed by atoms with Gasteiger partial charge in [0.05, 0.1) is 13.1 Å². The van der Waals surface area contributed by atoms with Gasteiger partial charge < -0.3 is 9.84 Å². The van der Waals surface area contributed by atoms with E-state index in [9.17, 15) is 4.79 Å². The Balaban J connectivity index is 2.48. The summed E-state index contributed by atoms with van der Waals surface area (Å²) in [6.07, 6.45) is 5.22. The van der Waals surface area contributed by atoms with E-state index in [2.05, 4.69) is 26.7 Å². The third-order valence-electron chi connectivity index (χ3n) is 3.07. The van der Waals surface area contributed by atoms with Crippen molar-refractivity contribution in [2.45, 2.75) is 26.2 Å². The Bertz CT molecular complexity index is 494. The van der Waals surface area contributed by atoms with Gasteiger partial charge >= 0.3 is 5.97 Å². The second kappa shape index (κ2) is 7.70. The fourth-order valence-corrected chi connectivity index (χ4v) is 1.88. The van der Waals surface area contributed by atoms with Gasteiger partial charge in [0.1, 0.15) is 12.4 Å². The third-order valence-corrected chi connectivity index (χ3v) is 3.07. The summed E-state index contributed by atoms with van der Waals surface area (Å²) < 4.78 is 5.63. The average molecular weight is 289 g/mol. The van der Waals surface area contributed by atoms with Gasteiger partial charge in [0, 0.05) is 6.54 Å². The molecule has 4 nitrogen and oxygen atoms in total. The largest absolute Gasteiger partial charge is 0.492 e. The molecule has 0 bridgehead atoms. The molecule has 0 radical (unpaired) electrons. The summed E-state index contributed by atoms with van der Waals surface area (Å²) in [5.41, 5.74) is 1.36. The first-order chi connectivity index (χ1) is 9.82. The van der Waals surface area contributed by atoms with Crippen LogP contribution in [0.4, 0.5) is 0 Å². The molecule has 0 unspecified atom stereocenters. The Morgan fingerprint density at radius 3 is 2.43 bits per heavy atom. The zero-order valence-corrected chi connectivity index (χ0v) is 12.9. The van der Waals surface area contributed by atoms with E-state index in [0.29, 0.717) is 19.7 Å². The van der Waals surface area contributed by atoms with Crippen molar-refractivity contribution in [2.24, 2.45) is 0 Å². The highest BCUT2D eigenvalue weighted by Crippen LogP contribution is 2.24. The van der Waals surface area contributed by atoms with E-state index in [1.165, 1.54) is 5.56 Å². The van der Waals surface area contributed by atoms with E-state index >= 15 is 0 Å². The Morgan fingerprint density at radius 1 is 1.33 bits per heavy atom. The van der Waals surface area contributed by atoms with Crippen molar-refractivity contribution < 1.29 is 14.6 Å². The number of carboxylic acid groups (broad SMARTS) is 1. The summed E-state index contributed by atoms with van der Waals surface area (Å²) in [6, 6.07) is 7.96. The topological polar surface area (TPSA) is 49.8 Å². The van der Waals surface area contributed by atoms with Gasteiger partial charge in [0.15, 0.2) is 0 Å². The highest BCUT2D eigenvalue weighted by Gasteiger charge is 2.13. The van der Waals surface area contributed by atoms with Crippen LogP contribution in [0, 0.1) is 12.3 Å². The summed E-state index contributed by atoms with van der Waals surface area (Å²) >= 11 is 0. The molecule has 0 spiro atoms. The summed E-state index contributed by atoms with van der Waals surface area (Å²) in [5.74, 6) is 2.34. The van der Waals surface area contributed by atoms with Crippen molar-refractivity contribution >= 4 is 5.97 Å². The summed E-state index contributed by atoms with van der Waals surface area (Å²) in [7, 11) is 0. The SMILES string of the molecule is C#CCN(CCOc1ccc(C(C)(C)C)cc1)CC(=O)O. The fraction of sp³-hybridized carbons (Fsp3) is 0.471. The standard InChI is InChI=1S/C17H23NO3/c1-5-10-18(13-16(19)20)11-12-21-15-8-6-14(7-9-15)17(2,3)4/h1,6-9H,10-13H2,2-4H3,(H,19,20). The minimum Gasteiger partial charge on any atom is -0.492 e. The van der Waals surface area contributed by atoms with Gasteiger partial charge in [-0.15, -0.1) is 6.42 Å². The Hall–Kier alpha value is -1.99. The van der Waals surface area contributed by atoms with Gasteiger partial charge in [-0.3, -0.25) is 9.69 Å². The predicted octanol–water partition coefficient (Wildman–Crippen LogP) is 2.38. The first-order valence-electron chi connectivity index (χ1n) is 6.94. The number of hydrogen-bond donors (Lipinski definition) is 1. The first-order valence-corrected chi connectivity index (χ1v) is 6.94. The zero-order valence-electron chi connectivity index (χ0n) is 12.9. The number of ether oxygens (including phenoxy) is 1. The molecule has 21 heavy (non-hydrogen) atoms.